The maximum atomic E-state index is 12.3. The largest absolute Gasteiger partial charge is 0.346 e. The molecule has 0 spiro atoms. The van der Waals surface area contributed by atoms with E-state index in [4.69, 9.17) is 23.2 Å². The summed E-state index contributed by atoms with van der Waals surface area (Å²) in [5.41, 5.74) is 2.87. The Morgan fingerprint density at radius 2 is 1.78 bits per heavy atom. The average Bonchev–Trinajstić information content (AvgIpc) is 3.34. The molecule has 7 heteroatoms. The van der Waals surface area contributed by atoms with E-state index >= 15 is 0 Å². The number of thiazole rings is 1. The molecule has 27 heavy (non-hydrogen) atoms. The molecule has 0 aliphatic carbocycles. The monoisotopic (exact) mass is 417 g/mol. The number of urea groups is 1. The van der Waals surface area contributed by atoms with Gasteiger partial charge in [-0.25, -0.2) is 4.79 Å². The third kappa shape index (κ3) is 3.95. The van der Waals surface area contributed by atoms with Crippen LogP contribution in [0.5, 0.6) is 0 Å². The highest BCUT2D eigenvalue weighted by Gasteiger charge is 2.17. The Bertz CT molecular complexity index is 1030. The van der Waals surface area contributed by atoms with E-state index in [0.29, 0.717) is 14.8 Å². The van der Waals surface area contributed by atoms with E-state index in [-0.39, 0.29) is 6.03 Å². The molecule has 0 bridgehead atoms. The van der Waals surface area contributed by atoms with Gasteiger partial charge in [-0.3, -0.25) is 4.57 Å². The van der Waals surface area contributed by atoms with Crippen molar-refractivity contribution in [2.24, 2.45) is 4.99 Å². The van der Waals surface area contributed by atoms with Gasteiger partial charge in [0.25, 0.3) is 0 Å². The Hall–Kier alpha value is -2.08. The summed E-state index contributed by atoms with van der Waals surface area (Å²) < 4.78 is 1.92. The second-order valence-corrected chi connectivity index (χ2v) is 8.03. The highest BCUT2D eigenvalue weighted by Crippen LogP contribution is 2.30. The van der Waals surface area contributed by atoms with Crippen molar-refractivity contribution in [3.63, 3.8) is 0 Å². The van der Waals surface area contributed by atoms with Crippen LogP contribution < -0.4 is 4.80 Å². The highest BCUT2D eigenvalue weighted by molar-refractivity contribution is 7.07. The van der Waals surface area contributed by atoms with Crippen molar-refractivity contribution in [2.75, 3.05) is 13.1 Å². The van der Waals surface area contributed by atoms with Crippen molar-refractivity contribution in [1.29, 1.82) is 0 Å². The molecule has 0 N–H and O–H groups in total. The molecule has 0 radical (unpaired) electrons. The minimum absolute atomic E-state index is 0.159. The topological polar surface area (TPSA) is 37.6 Å². The van der Waals surface area contributed by atoms with Crippen molar-refractivity contribution in [2.45, 2.75) is 12.8 Å². The smallest absolute Gasteiger partial charge is 0.323 e. The number of carbonyl (C=O) groups excluding carboxylic acids is 1. The number of likely N-dealkylation sites (tertiary alicyclic amines) is 1. The average molecular weight is 418 g/mol. The van der Waals surface area contributed by atoms with Crippen LogP contribution in [0.4, 0.5) is 4.79 Å². The van der Waals surface area contributed by atoms with Crippen LogP contribution in [0.15, 0.2) is 59.0 Å². The van der Waals surface area contributed by atoms with Gasteiger partial charge in [0.1, 0.15) is 0 Å². The summed E-state index contributed by atoms with van der Waals surface area (Å²) >= 11 is 13.7. The predicted molar refractivity (Wildman–Crippen MR) is 111 cm³/mol. The molecule has 2 amide bonds. The molecule has 2 heterocycles. The van der Waals surface area contributed by atoms with E-state index in [9.17, 15) is 4.79 Å². The van der Waals surface area contributed by atoms with Crippen molar-refractivity contribution >= 4 is 40.6 Å². The fourth-order valence-electron chi connectivity index (χ4n) is 3.14. The summed E-state index contributed by atoms with van der Waals surface area (Å²) in [6, 6.07) is 13.3. The lowest BCUT2D eigenvalue weighted by Crippen LogP contribution is -2.27. The molecule has 1 aliphatic heterocycles. The number of benzene rings is 2. The number of rotatable bonds is 2. The van der Waals surface area contributed by atoms with E-state index in [1.54, 1.807) is 11.0 Å². The zero-order valence-corrected chi connectivity index (χ0v) is 16.8. The van der Waals surface area contributed by atoms with E-state index < -0.39 is 0 Å². The molecule has 1 aliphatic rings. The zero-order chi connectivity index (χ0) is 18.8. The number of hydrogen-bond acceptors (Lipinski definition) is 2. The van der Waals surface area contributed by atoms with Crippen LogP contribution in [0.2, 0.25) is 10.0 Å². The van der Waals surface area contributed by atoms with Crippen LogP contribution in [-0.4, -0.2) is 28.6 Å². The Kier molecular flexibility index (Phi) is 5.34. The molecule has 4 nitrogen and oxygen atoms in total. The maximum Gasteiger partial charge on any atom is 0.346 e. The summed E-state index contributed by atoms with van der Waals surface area (Å²) in [7, 11) is 0. The van der Waals surface area contributed by atoms with E-state index in [1.807, 2.05) is 52.5 Å². The summed E-state index contributed by atoms with van der Waals surface area (Å²) in [4.78, 5) is 19.1. The molecular formula is C20H17Cl2N3OS. The molecule has 1 fully saturated rings. The number of hydrogen-bond donors (Lipinski definition) is 0. The van der Waals surface area contributed by atoms with Gasteiger partial charge in [0.2, 0.25) is 0 Å². The minimum atomic E-state index is -0.159. The SMILES string of the molecule is O=C(/N=c1\sccn1-c1ccc(-c2ccc(Cl)cc2Cl)cc1)N1CCCC1. The second kappa shape index (κ2) is 7.89. The molecule has 2 aromatic carbocycles. The van der Waals surface area contributed by atoms with Gasteiger partial charge < -0.3 is 4.90 Å². The first-order chi connectivity index (χ1) is 13.1. The number of halogens is 2. The van der Waals surface area contributed by atoms with Crippen LogP contribution >= 0.6 is 34.5 Å². The first-order valence-corrected chi connectivity index (χ1v) is 10.3. The zero-order valence-electron chi connectivity index (χ0n) is 14.4. The Morgan fingerprint density at radius 1 is 1.04 bits per heavy atom. The molecule has 4 rings (SSSR count). The highest BCUT2D eigenvalue weighted by atomic mass is 35.5. The van der Waals surface area contributed by atoms with Gasteiger partial charge in [-0.15, -0.1) is 11.3 Å². The van der Waals surface area contributed by atoms with Crippen molar-refractivity contribution < 1.29 is 4.79 Å². The number of carbonyl (C=O) groups is 1. The van der Waals surface area contributed by atoms with E-state index in [0.717, 1.165) is 42.7 Å². The van der Waals surface area contributed by atoms with Gasteiger partial charge in [-0.05, 0) is 42.7 Å². The lowest BCUT2D eigenvalue weighted by Gasteiger charge is -2.11. The first-order valence-electron chi connectivity index (χ1n) is 8.67. The van der Waals surface area contributed by atoms with Crippen molar-refractivity contribution in [1.82, 2.24) is 9.47 Å². The summed E-state index contributed by atoms with van der Waals surface area (Å²) in [5, 5.41) is 3.16. The first kappa shape index (κ1) is 18.3. The summed E-state index contributed by atoms with van der Waals surface area (Å²) in [6.45, 7) is 1.59. The predicted octanol–water partition coefficient (Wildman–Crippen LogP) is 5.63. The molecular weight excluding hydrogens is 401 g/mol. The number of nitrogens with zero attached hydrogens (tertiary/aromatic N) is 3. The van der Waals surface area contributed by atoms with Gasteiger partial charge in [-0.1, -0.05) is 41.4 Å². The minimum Gasteiger partial charge on any atom is -0.323 e. The molecule has 138 valence electrons. The molecule has 1 aromatic heterocycles. The van der Waals surface area contributed by atoms with Crippen molar-refractivity contribution in [3.05, 3.63) is 68.9 Å². The normalized spacial score (nSPS) is 14.7. The molecule has 3 aromatic rings. The third-order valence-electron chi connectivity index (χ3n) is 4.54. The van der Waals surface area contributed by atoms with Crippen LogP contribution in [0.1, 0.15) is 12.8 Å². The van der Waals surface area contributed by atoms with Crippen LogP contribution in [0.25, 0.3) is 16.8 Å². The fraction of sp³-hybridized carbons (Fsp3) is 0.200. The van der Waals surface area contributed by atoms with Gasteiger partial charge in [-0.2, -0.15) is 4.99 Å². The summed E-state index contributed by atoms with van der Waals surface area (Å²) in [6.07, 6.45) is 4.03. The number of amides is 2. The van der Waals surface area contributed by atoms with Crippen LogP contribution in [0.3, 0.4) is 0 Å². The lowest BCUT2D eigenvalue weighted by molar-refractivity contribution is 0.218. The van der Waals surface area contributed by atoms with Gasteiger partial charge >= 0.3 is 6.03 Å². The molecule has 0 saturated carbocycles. The van der Waals surface area contributed by atoms with Gasteiger partial charge in [0.15, 0.2) is 4.80 Å². The number of aromatic nitrogens is 1. The standard InChI is InChI=1S/C20H17Cl2N3OS/c21-15-5-8-17(18(22)13-15)14-3-6-16(7-4-14)25-11-12-27-20(25)23-19(26)24-9-1-2-10-24/h3-8,11-13H,1-2,9-10H2/b23-20-. The fourth-order valence-corrected chi connectivity index (χ4v) is 4.37. The molecule has 0 unspecified atom stereocenters. The quantitative estimate of drug-likeness (QED) is 0.532. The van der Waals surface area contributed by atoms with Crippen LogP contribution in [0, 0.1) is 0 Å². The lowest BCUT2D eigenvalue weighted by atomic mass is 10.1. The van der Waals surface area contributed by atoms with Gasteiger partial charge in [0, 0.05) is 46.0 Å². The second-order valence-electron chi connectivity index (χ2n) is 6.32. The van der Waals surface area contributed by atoms with Gasteiger partial charge in [0.05, 0.1) is 0 Å². The maximum absolute atomic E-state index is 12.3. The Balaban J connectivity index is 1.63. The Labute approximate surface area is 171 Å². The van der Waals surface area contributed by atoms with E-state index in [1.165, 1.54) is 11.3 Å². The van der Waals surface area contributed by atoms with Crippen LogP contribution in [-0.2, 0) is 0 Å². The van der Waals surface area contributed by atoms with Crippen molar-refractivity contribution in [3.8, 4) is 16.8 Å². The molecule has 1 saturated heterocycles. The third-order valence-corrected chi connectivity index (χ3v) is 5.85. The Morgan fingerprint density at radius 3 is 2.48 bits per heavy atom. The summed E-state index contributed by atoms with van der Waals surface area (Å²) in [5.74, 6) is 0. The van der Waals surface area contributed by atoms with E-state index in [2.05, 4.69) is 4.99 Å². The molecule has 0 atom stereocenters.